The Morgan fingerprint density at radius 1 is 1.25 bits per heavy atom. The van der Waals surface area contributed by atoms with Crippen molar-refractivity contribution in [2.24, 2.45) is 10.4 Å². The lowest BCUT2D eigenvalue weighted by atomic mass is 9.87. The Morgan fingerprint density at radius 3 is 2.71 bits per heavy atom. The molecular weight excluding hydrogens is 433 g/mol. The van der Waals surface area contributed by atoms with Gasteiger partial charge in [-0.3, -0.25) is 4.99 Å². The molecule has 6 heteroatoms. The Bertz CT molecular complexity index is 415. The van der Waals surface area contributed by atoms with Crippen LogP contribution in [0.25, 0.3) is 0 Å². The van der Waals surface area contributed by atoms with E-state index in [9.17, 15) is 0 Å². The summed E-state index contributed by atoms with van der Waals surface area (Å²) in [5, 5.41) is 3.54. The summed E-state index contributed by atoms with van der Waals surface area (Å²) >= 11 is 2.22. The second-order valence-electron chi connectivity index (χ2n) is 7.80. The summed E-state index contributed by atoms with van der Waals surface area (Å²) in [6.07, 6.45) is 8.15. The molecule has 0 radical (unpaired) electrons. The zero-order valence-electron chi connectivity index (χ0n) is 15.3. The number of nitrogens with zero attached hydrogens (tertiary/aromatic N) is 2. The molecule has 140 valence electrons. The van der Waals surface area contributed by atoms with Crippen molar-refractivity contribution < 1.29 is 4.74 Å². The van der Waals surface area contributed by atoms with E-state index in [1.807, 2.05) is 0 Å². The number of ether oxygens (including phenoxy) is 1. The molecule has 1 spiro atoms. The summed E-state index contributed by atoms with van der Waals surface area (Å²) in [5.74, 6) is 2.37. The molecule has 1 N–H and O–H groups in total. The first-order chi connectivity index (χ1) is 11.1. The fraction of sp³-hybridized carbons (Fsp3) is 0.944. The molecule has 0 aromatic carbocycles. The molecular formula is C18H34IN3OS. The molecule has 3 rings (SSSR count). The minimum Gasteiger partial charge on any atom is -0.381 e. The Morgan fingerprint density at radius 2 is 2.04 bits per heavy atom. The van der Waals surface area contributed by atoms with Crippen LogP contribution in [0.4, 0.5) is 0 Å². The van der Waals surface area contributed by atoms with Crippen LogP contribution in [0.3, 0.4) is 0 Å². The summed E-state index contributed by atoms with van der Waals surface area (Å²) in [5.41, 5.74) is 0.230. The first kappa shape index (κ1) is 20.6. The van der Waals surface area contributed by atoms with Crippen molar-refractivity contribution in [3.05, 3.63) is 0 Å². The third kappa shape index (κ3) is 5.16. The van der Waals surface area contributed by atoms with Gasteiger partial charge < -0.3 is 15.0 Å². The number of rotatable bonds is 3. The number of hydrogen-bond acceptors (Lipinski definition) is 3. The van der Waals surface area contributed by atoms with Gasteiger partial charge in [0.2, 0.25) is 0 Å². The molecule has 0 bridgehead atoms. The summed E-state index contributed by atoms with van der Waals surface area (Å²) < 4.78 is 6.07. The van der Waals surface area contributed by atoms with Crippen LogP contribution in [0.15, 0.2) is 4.99 Å². The van der Waals surface area contributed by atoms with Gasteiger partial charge in [0.1, 0.15) is 0 Å². The Labute approximate surface area is 169 Å². The molecule has 2 heterocycles. The van der Waals surface area contributed by atoms with Crippen molar-refractivity contribution in [1.29, 1.82) is 0 Å². The van der Waals surface area contributed by atoms with Crippen LogP contribution in [-0.4, -0.2) is 60.8 Å². The van der Waals surface area contributed by atoms with Crippen molar-refractivity contribution >= 4 is 41.7 Å². The molecule has 1 aliphatic carbocycles. The van der Waals surface area contributed by atoms with Gasteiger partial charge in [0.05, 0.1) is 13.2 Å². The number of aliphatic imine (C=N–C) groups is 1. The van der Waals surface area contributed by atoms with Crippen molar-refractivity contribution in [2.45, 2.75) is 57.1 Å². The van der Waals surface area contributed by atoms with Crippen LogP contribution in [-0.2, 0) is 4.74 Å². The lowest BCUT2D eigenvalue weighted by Crippen LogP contribution is -2.53. The highest BCUT2D eigenvalue weighted by Crippen LogP contribution is 2.42. The molecule has 2 aliphatic heterocycles. The molecule has 3 aliphatic rings. The van der Waals surface area contributed by atoms with Crippen molar-refractivity contribution in [2.75, 3.05) is 45.1 Å². The first-order valence-electron chi connectivity index (χ1n) is 9.40. The number of hydrogen-bond donors (Lipinski definition) is 1. The Kier molecular flexibility index (Phi) is 8.00. The van der Waals surface area contributed by atoms with Gasteiger partial charge in [-0.1, -0.05) is 26.2 Å². The van der Waals surface area contributed by atoms with E-state index < -0.39 is 0 Å². The monoisotopic (exact) mass is 467 g/mol. The van der Waals surface area contributed by atoms with E-state index in [1.54, 1.807) is 0 Å². The van der Waals surface area contributed by atoms with E-state index in [0.29, 0.717) is 4.75 Å². The van der Waals surface area contributed by atoms with Crippen LogP contribution in [0.1, 0.15) is 52.4 Å². The second kappa shape index (κ2) is 9.31. The molecule has 1 unspecified atom stereocenters. The van der Waals surface area contributed by atoms with E-state index >= 15 is 0 Å². The summed E-state index contributed by atoms with van der Waals surface area (Å²) in [7, 11) is 0. The lowest BCUT2D eigenvalue weighted by Gasteiger charge is -2.45. The minimum absolute atomic E-state index is 0. The molecule has 1 saturated carbocycles. The Balaban J connectivity index is 0.00000208. The van der Waals surface area contributed by atoms with Crippen molar-refractivity contribution in [3.63, 3.8) is 0 Å². The van der Waals surface area contributed by atoms with E-state index in [-0.39, 0.29) is 29.4 Å². The van der Waals surface area contributed by atoms with Gasteiger partial charge in [0, 0.05) is 42.2 Å². The van der Waals surface area contributed by atoms with E-state index in [0.717, 1.165) is 45.2 Å². The average Bonchev–Trinajstić information content (AvgIpc) is 2.99. The molecule has 3 fully saturated rings. The van der Waals surface area contributed by atoms with Crippen molar-refractivity contribution in [3.8, 4) is 0 Å². The molecule has 2 saturated heterocycles. The van der Waals surface area contributed by atoms with Gasteiger partial charge in [-0.15, -0.1) is 24.0 Å². The SMILES string of the molecule is CCNC(=NCC1(C)CCOC1)N1CCSC2(CCCCC2)C1.I. The number of nitrogens with one attached hydrogen (secondary N) is 1. The zero-order valence-corrected chi connectivity index (χ0v) is 18.5. The summed E-state index contributed by atoms with van der Waals surface area (Å²) in [6.45, 7) is 10.4. The lowest BCUT2D eigenvalue weighted by molar-refractivity contribution is 0.162. The molecule has 0 aromatic heterocycles. The average molecular weight is 467 g/mol. The maximum atomic E-state index is 5.58. The fourth-order valence-corrected chi connectivity index (χ4v) is 5.62. The second-order valence-corrected chi connectivity index (χ2v) is 9.36. The van der Waals surface area contributed by atoms with Crippen LogP contribution >= 0.6 is 35.7 Å². The molecule has 24 heavy (non-hydrogen) atoms. The molecule has 4 nitrogen and oxygen atoms in total. The van der Waals surface area contributed by atoms with E-state index in [4.69, 9.17) is 9.73 Å². The highest BCUT2D eigenvalue weighted by atomic mass is 127. The van der Waals surface area contributed by atoms with E-state index in [1.165, 1.54) is 44.4 Å². The summed E-state index contributed by atoms with van der Waals surface area (Å²) in [4.78, 5) is 7.54. The van der Waals surface area contributed by atoms with Gasteiger partial charge in [-0.05, 0) is 26.2 Å². The zero-order chi connectivity index (χ0) is 16.2. The topological polar surface area (TPSA) is 36.9 Å². The van der Waals surface area contributed by atoms with Gasteiger partial charge in [0.15, 0.2) is 5.96 Å². The largest absolute Gasteiger partial charge is 0.381 e. The van der Waals surface area contributed by atoms with Gasteiger partial charge in [-0.2, -0.15) is 11.8 Å². The minimum atomic E-state index is 0. The predicted octanol–water partition coefficient (Wildman–Crippen LogP) is 3.75. The summed E-state index contributed by atoms with van der Waals surface area (Å²) in [6, 6.07) is 0. The van der Waals surface area contributed by atoms with E-state index in [2.05, 4.69) is 35.8 Å². The maximum absolute atomic E-state index is 5.58. The third-order valence-electron chi connectivity index (χ3n) is 5.56. The third-order valence-corrected chi connectivity index (χ3v) is 7.10. The quantitative estimate of drug-likeness (QED) is 0.390. The standard InChI is InChI=1S/C18H33N3OS.HI/c1-3-19-16(20-13-17(2)9-11-22-15-17)21-10-12-23-18(14-21)7-5-4-6-8-18;/h3-15H2,1-2H3,(H,19,20);1H. The number of halogens is 1. The highest BCUT2D eigenvalue weighted by Gasteiger charge is 2.38. The maximum Gasteiger partial charge on any atom is 0.194 e. The number of guanidine groups is 1. The van der Waals surface area contributed by atoms with Gasteiger partial charge in [0.25, 0.3) is 0 Å². The molecule has 1 atom stereocenters. The smallest absolute Gasteiger partial charge is 0.194 e. The van der Waals surface area contributed by atoms with Crippen LogP contribution < -0.4 is 5.32 Å². The predicted molar refractivity (Wildman–Crippen MR) is 115 cm³/mol. The number of thioether (sulfide) groups is 1. The Hall–Kier alpha value is 0.310. The van der Waals surface area contributed by atoms with Crippen LogP contribution in [0.2, 0.25) is 0 Å². The molecule has 0 amide bonds. The van der Waals surface area contributed by atoms with Crippen LogP contribution in [0.5, 0.6) is 0 Å². The fourth-order valence-electron chi connectivity index (χ4n) is 4.05. The van der Waals surface area contributed by atoms with Crippen LogP contribution in [0, 0.1) is 5.41 Å². The van der Waals surface area contributed by atoms with Gasteiger partial charge >= 0.3 is 0 Å². The van der Waals surface area contributed by atoms with Crippen molar-refractivity contribution in [1.82, 2.24) is 10.2 Å². The highest BCUT2D eigenvalue weighted by molar-refractivity contribution is 14.0. The normalized spacial score (nSPS) is 30.2. The first-order valence-corrected chi connectivity index (χ1v) is 10.4. The molecule has 0 aromatic rings. The van der Waals surface area contributed by atoms with Gasteiger partial charge in [-0.25, -0.2) is 0 Å².